The number of carbonyl (C=O) groups is 1. The van der Waals surface area contributed by atoms with E-state index in [1.807, 2.05) is 24.3 Å². The molecule has 0 aromatic heterocycles. The molecule has 0 radical (unpaired) electrons. The van der Waals surface area contributed by atoms with Gasteiger partial charge in [0, 0.05) is 23.9 Å². The van der Waals surface area contributed by atoms with E-state index in [0.29, 0.717) is 25.9 Å². The Morgan fingerprint density at radius 2 is 1.96 bits per heavy atom. The summed E-state index contributed by atoms with van der Waals surface area (Å²) in [6.07, 6.45) is 2.49. The summed E-state index contributed by atoms with van der Waals surface area (Å²) in [4.78, 5) is 14.3. The second-order valence-corrected chi connectivity index (χ2v) is 6.98. The first-order chi connectivity index (χ1) is 12.0. The molecule has 1 heterocycles. The average molecular weight is 404 g/mol. The van der Waals surface area contributed by atoms with Crippen LogP contribution in [0.25, 0.3) is 0 Å². The number of amides is 1. The van der Waals surface area contributed by atoms with E-state index >= 15 is 0 Å². The van der Waals surface area contributed by atoms with Gasteiger partial charge in [0.05, 0.1) is 6.54 Å². The van der Waals surface area contributed by atoms with Crippen LogP contribution in [0.5, 0.6) is 0 Å². The first kappa shape index (κ1) is 17.7. The first-order valence-electron chi connectivity index (χ1n) is 8.12. The lowest BCUT2D eigenvalue weighted by molar-refractivity contribution is -0.0529. The van der Waals surface area contributed by atoms with Crippen LogP contribution in [0, 0.1) is 5.82 Å². The topological polar surface area (TPSA) is 29.5 Å². The SMILES string of the molecule is C=CCC1(c2ccc(F)cc2)CCN(Cc2ccccc2Br)C(=O)O1. The molecule has 0 bridgehead atoms. The van der Waals surface area contributed by atoms with Gasteiger partial charge in [-0.25, -0.2) is 9.18 Å². The van der Waals surface area contributed by atoms with Crippen molar-refractivity contribution in [3.63, 3.8) is 0 Å². The molecule has 1 fully saturated rings. The highest BCUT2D eigenvalue weighted by atomic mass is 79.9. The summed E-state index contributed by atoms with van der Waals surface area (Å²) < 4.78 is 20.0. The summed E-state index contributed by atoms with van der Waals surface area (Å²) in [6.45, 7) is 4.82. The molecule has 3 rings (SSSR count). The fraction of sp³-hybridized carbons (Fsp3) is 0.250. The van der Waals surface area contributed by atoms with Crippen molar-refractivity contribution < 1.29 is 13.9 Å². The van der Waals surface area contributed by atoms with Crippen molar-refractivity contribution in [3.8, 4) is 0 Å². The second kappa shape index (κ2) is 7.40. The molecular formula is C20H19BrFNO2. The molecule has 0 saturated carbocycles. The van der Waals surface area contributed by atoms with Gasteiger partial charge in [-0.1, -0.05) is 52.3 Å². The summed E-state index contributed by atoms with van der Waals surface area (Å²) in [7, 11) is 0. The van der Waals surface area contributed by atoms with Gasteiger partial charge in [0.15, 0.2) is 0 Å². The average Bonchev–Trinajstić information content (AvgIpc) is 2.60. The molecule has 1 atom stereocenters. The van der Waals surface area contributed by atoms with E-state index in [-0.39, 0.29) is 11.9 Å². The Balaban J connectivity index is 1.80. The zero-order valence-electron chi connectivity index (χ0n) is 13.8. The van der Waals surface area contributed by atoms with E-state index in [1.165, 1.54) is 12.1 Å². The van der Waals surface area contributed by atoms with Gasteiger partial charge >= 0.3 is 6.09 Å². The van der Waals surface area contributed by atoms with E-state index in [2.05, 4.69) is 22.5 Å². The van der Waals surface area contributed by atoms with Gasteiger partial charge in [0.25, 0.3) is 0 Å². The van der Waals surface area contributed by atoms with Crippen molar-refractivity contribution in [2.24, 2.45) is 0 Å². The molecule has 1 aliphatic heterocycles. The first-order valence-corrected chi connectivity index (χ1v) is 8.92. The smallest absolute Gasteiger partial charge is 0.410 e. The fourth-order valence-electron chi connectivity index (χ4n) is 3.12. The van der Waals surface area contributed by atoms with Crippen LogP contribution >= 0.6 is 15.9 Å². The van der Waals surface area contributed by atoms with Crippen molar-refractivity contribution in [2.75, 3.05) is 6.54 Å². The maximum absolute atomic E-state index is 13.2. The van der Waals surface area contributed by atoms with Gasteiger partial charge in [-0.05, 0) is 29.3 Å². The number of cyclic esters (lactones) is 1. The lowest BCUT2D eigenvalue weighted by atomic mass is 9.86. The standard InChI is InChI=1S/C20H19BrFNO2/c1-2-11-20(16-7-9-17(22)10-8-16)12-13-23(19(24)25-20)14-15-5-3-4-6-18(15)21/h2-10H,1,11-14H2. The van der Waals surface area contributed by atoms with Gasteiger partial charge in [-0.2, -0.15) is 0 Å². The minimum Gasteiger partial charge on any atom is -0.437 e. The summed E-state index contributed by atoms with van der Waals surface area (Å²) in [5, 5.41) is 0. The second-order valence-electron chi connectivity index (χ2n) is 6.12. The van der Waals surface area contributed by atoms with Crippen LogP contribution in [-0.4, -0.2) is 17.5 Å². The Morgan fingerprint density at radius 3 is 2.60 bits per heavy atom. The van der Waals surface area contributed by atoms with Gasteiger partial charge in [-0.15, -0.1) is 6.58 Å². The third kappa shape index (κ3) is 3.76. The van der Waals surface area contributed by atoms with Crippen LogP contribution in [0.15, 0.2) is 65.7 Å². The summed E-state index contributed by atoms with van der Waals surface area (Å²) >= 11 is 3.51. The van der Waals surface area contributed by atoms with Crippen LogP contribution in [0.1, 0.15) is 24.0 Å². The van der Waals surface area contributed by atoms with Gasteiger partial charge in [0.2, 0.25) is 0 Å². The van der Waals surface area contributed by atoms with Crippen molar-refractivity contribution in [3.05, 3.63) is 82.6 Å². The Hall–Kier alpha value is -2.14. The van der Waals surface area contributed by atoms with Crippen molar-refractivity contribution >= 4 is 22.0 Å². The van der Waals surface area contributed by atoms with E-state index in [9.17, 15) is 9.18 Å². The highest BCUT2D eigenvalue weighted by molar-refractivity contribution is 9.10. The molecule has 1 amide bonds. The Kier molecular flexibility index (Phi) is 5.23. The molecule has 3 nitrogen and oxygen atoms in total. The van der Waals surface area contributed by atoms with Gasteiger partial charge in [-0.3, -0.25) is 0 Å². The maximum atomic E-state index is 13.2. The summed E-state index contributed by atoms with van der Waals surface area (Å²) in [6, 6.07) is 13.9. The monoisotopic (exact) mass is 403 g/mol. The molecule has 0 aliphatic carbocycles. The zero-order valence-corrected chi connectivity index (χ0v) is 15.3. The number of hydrogen-bond donors (Lipinski definition) is 0. The number of halogens is 2. The summed E-state index contributed by atoms with van der Waals surface area (Å²) in [5.74, 6) is -0.310. The molecular weight excluding hydrogens is 385 g/mol. The largest absolute Gasteiger partial charge is 0.437 e. The maximum Gasteiger partial charge on any atom is 0.410 e. The predicted molar refractivity (Wildman–Crippen MR) is 98.5 cm³/mol. The van der Waals surface area contributed by atoms with Crippen molar-refractivity contribution in [1.29, 1.82) is 0 Å². The lowest BCUT2D eigenvalue weighted by Gasteiger charge is -2.41. The number of carbonyl (C=O) groups excluding carboxylic acids is 1. The van der Waals surface area contributed by atoms with Crippen molar-refractivity contribution in [1.82, 2.24) is 4.90 Å². The predicted octanol–water partition coefficient (Wildman–Crippen LogP) is 5.40. The van der Waals surface area contributed by atoms with E-state index in [1.54, 1.807) is 23.1 Å². The zero-order chi connectivity index (χ0) is 17.9. The highest BCUT2D eigenvalue weighted by Gasteiger charge is 2.41. The number of nitrogens with zero attached hydrogens (tertiary/aromatic N) is 1. The quantitative estimate of drug-likeness (QED) is 0.625. The van der Waals surface area contributed by atoms with E-state index < -0.39 is 5.60 Å². The fourth-order valence-corrected chi connectivity index (χ4v) is 3.53. The van der Waals surface area contributed by atoms with Crippen LogP contribution in [0.2, 0.25) is 0 Å². The molecule has 25 heavy (non-hydrogen) atoms. The van der Waals surface area contributed by atoms with Crippen LogP contribution in [0.3, 0.4) is 0 Å². The van der Waals surface area contributed by atoms with E-state index in [0.717, 1.165) is 15.6 Å². The number of hydrogen-bond acceptors (Lipinski definition) is 2. The normalized spacial score (nSPS) is 20.2. The third-order valence-corrected chi connectivity index (χ3v) is 5.26. The molecule has 2 aromatic rings. The van der Waals surface area contributed by atoms with Crippen LogP contribution in [0.4, 0.5) is 9.18 Å². The minimum atomic E-state index is -0.781. The summed E-state index contributed by atoms with van der Waals surface area (Å²) in [5.41, 5.74) is 1.04. The molecule has 2 aromatic carbocycles. The molecule has 1 aliphatic rings. The van der Waals surface area contributed by atoms with E-state index in [4.69, 9.17) is 4.74 Å². The van der Waals surface area contributed by atoms with Gasteiger partial charge < -0.3 is 9.64 Å². The highest BCUT2D eigenvalue weighted by Crippen LogP contribution is 2.38. The lowest BCUT2D eigenvalue weighted by Crippen LogP contribution is -2.47. The number of rotatable bonds is 5. The Bertz CT molecular complexity index is 778. The molecule has 130 valence electrons. The van der Waals surface area contributed by atoms with Crippen LogP contribution < -0.4 is 0 Å². The molecule has 1 unspecified atom stereocenters. The molecule has 0 spiro atoms. The molecule has 0 N–H and O–H groups in total. The number of benzene rings is 2. The van der Waals surface area contributed by atoms with Crippen LogP contribution in [-0.2, 0) is 16.9 Å². The number of ether oxygens (including phenoxy) is 1. The van der Waals surface area contributed by atoms with Crippen molar-refractivity contribution in [2.45, 2.75) is 25.0 Å². The Labute approximate surface area is 155 Å². The third-order valence-electron chi connectivity index (χ3n) is 4.49. The Morgan fingerprint density at radius 1 is 1.24 bits per heavy atom. The molecule has 5 heteroatoms. The van der Waals surface area contributed by atoms with Gasteiger partial charge in [0.1, 0.15) is 11.4 Å². The molecule has 1 saturated heterocycles. The minimum absolute atomic E-state index is 0.310.